The molecule has 0 aliphatic carbocycles. The lowest BCUT2D eigenvalue weighted by Gasteiger charge is -2.15. The van der Waals surface area contributed by atoms with Gasteiger partial charge < -0.3 is 15.6 Å². The molecule has 1 unspecified atom stereocenters. The fraction of sp³-hybridized carbons (Fsp3) is 0.733. The highest BCUT2D eigenvalue weighted by Gasteiger charge is 2.19. The van der Waals surface area contributed by atoms with Gasteiger partial charge in [0.05, 0.1) is 5.69 Å². The van der Waals surface area contributed by atoms with E-state index in [-0.39, 0.29) is 30.1 Å². The van der Waals surface area contributed by atoms with E-state index in [0.29, 0.717) is 12.5 Å². The summed E-state index contributed by atoms with van der Waals surface area (Å²) in [6.45, 7) is 6.78. The van der Waals surface area contributed by atoms with E-state index in [4.69, 9.17) is 10.3 Å². The maximum atomic E-state index is 12.1. The van der Waals surface area contributed by atoms with Crippen molar-refractivity contribution in [3.8, 4) is 0 Å². The lowest BCUT2D eigenvalue weighted by molar-refractivity contribution is 0.0898. The number of halogens is 1. The Bertz CT molecular complexity index is 405. The molecule has 1 rings (SSSR count). The molecule has 1 atom stereocenters. The molecule has 0 bridgehead atoms. The van der Waals surface area contributed by atoms with Gasteiger partial charge in [-0.2, -0.15) is 0 Å². The first-order valence-corrected chi connectivity index (χ1v) is 7.63. The number of rotatable bonds is 9. The lowest BCUT2D eigenvalue weighted by atomic mass is 9.99. The second-order valence-corrected chi connectivity index (χ2v) is 5.18. The van der Waals surface area contributed by atoms with Crippen LogP contribution in [0.25, 0.3) is 0 Å². The first kappa shape index (κ1) is 19.9. The molecule has 0 saturated heterocycles. The first-order chi connectivity index (χ1) is 9.65. The van der Waals surface area contributed by atoms with Crippen molar-refractivity contribution in [3.05, 3.63) is 17.5 Å². The summed E-state index contributed by atoms with van der Waals surface area (Å²) in [4.78, 5) is 12.1. The summed E-state index contributed by atoms with van der Waals surface area (Å²) in [5.74, 6) is 0.411. The van der Waals surface area contributed by atoms with Crippen LogP contribution in [0.1, 0.15) is 75.0 Å². The van der Waals surface area contributed by atoms with Crippen LogP contribution in [-0.4, -0.2) is 23.7 Å². The van der Waals surface area contributed by atoms with Crippen LogP contribution in [0.15, 0.2) is 10.6 Å². The van der Waals surface area contributed by atoms with Gasteiger partial charge in [0.15, 0.2) is 0 Å². The van der Waals surface area contributed by atoms with Crippen LogP contribution in [0.3, 0.4) is 0 Å². The van der Waals surface area contributed by atoms with Gasteiger partial charge in [-0.3, -0.25) is 4.79 Å². The molecule has 1 heterocycles. The van der Waals surface area contributed by atoms with E-state index in [1.165, 1.54) is 0 Å². The molecule has 122 valence electrons. The van der Waals surface area contributed by atoms with Crippen molar-refractivity contribution in [1.29, 1.82) is 0 Å². The molecule has 1 amide bonds. The van der Waals surface area contributed by atoms with Gasteiger partial charge in [0, 0.05) is 24.6 Å². The van der Waals surface area contributed by atoms with Gasteiger partial charge in [0.2, 0.25) is 5.76 Å². The third-order valence-corrected chi connectivity index (χ3v) is 3.68. The summed E-state index contributed by atoms with van der Waals surface area (Å²) in [6.07, 6.45) is 5.02. The van der Waals surface area contributed by atoms with Crippen molar-refractivity contribution in [2.45, 2.75) is 64.8 Å². The summed E-state index contributed by atoms with van der Waals surface area (Å²) in [5.41, 5.74) is 6.53. The Morgan fingerprint density at radius 2 is 2.05 bits per heavy atom. The van der Waals surface area contributed by atoms with Gasteiger partial charge in [0.25, 0.3) is 5.91 Å². The van der Waals surface area contributed by atoms with Crippen molar-refractivity contribution in [2.24, 2.45) is 5.73 Å². The Morgan fingerprint density at radius 1 is 1.38 bits per heavy atom. The number of hydrogen-bond acceptors (Lipinski definition) is 4. The minimum Gasteiger partial charge on any atom is -0.351 e. The quantitative estimate of drug-likeness (QED) is 0.732. The van der Waals surface area contributed by atoms with Crippen LogP contribution in [0.4, 0.5) is 0 Å². The Labute approximate surface area is 133 Å². The van der Waals surface area contributed by atoms with Gasteiger partial charge in [0.1, 0.15) is 0 Å². The van der Waals surface area contributed by atoms with Gasteiger partial charge in [-0.1, -0.05) is 38.8 Å². The van der Waals surface area contributed by atoms with Crippen molar-refractivity contribution in [3.63, 3.8) is 0 Å². The van der Waals surface area contributed by atoms with Crippen LogP contribution in [0.5, 0.6) is 0 Å². The molecule has 21 heavy (non-hydrogen) atoms. The Kier molecular flexibility index (Phi) is 10.1. The number of aromatic nitrogens is 1. The van der Waals surface area contributed by atoms with Crippen molar-refractivity contribution in [1.82, 2.24) is 10.5 Å². The largest absolute Gasteiger partial charge is 0.351 e. The summed E-state index contributed by atoms with van der Waals surface area (Å²) in [7, 11) is 0. The maximum absolute atomic E-state index is 12.1. The zero-order valence-corrected chi connectivity index (χ0v) is 14.0. The van der Waals surface area contributed by atoms with Crippen molar-refractivity contribution in [2.75, 3.05) is 6.54 Å². The number of nitrogens with two attached hydrogens (primary N) is 1. The average Bonchev–Trinajstić information content (AvgIpc) is 2.94. The molecule has 0 aromatic carbocycles. The monoisotopic (exact) mass is 317 g/mol. The minimum absolute atomic E-state index is 0. The second-order valence-electron chi connectivity index (χ2n) is 5.18. The number of carbonyl (C=O) groups excluding carboxylic acids is 1. The number of amides is 1. The SMILES string of the molecule is CCCCC(CN)NC(=O)c1cc(C(CC)CC)no1.Cl. The van der Waals surface area contributed by atoms with Crippen LogP contribution in [-0.2, 0) is 0 Å². The standard InChI is InChI=1S/C15H27N3O2.ClH/c1-4-7-8-12(10-16)17-15(19)14-9-13(18-20-14)11(5-2)6-3;/h9,11-12H,4-8,10,16H2,1-3H3,(H,17,19);1H. The molecule has 0 saturated carbocycles. The molecule has 0 aliphatic heterocycles. The van der Waals surface area contributed by atoms with E-state index in [1.807, 2.05) is 0 Å². The number of nitrogens with zero attached hydrogens (tertiary/aromatic N) is 1. The lowest BCUT2D eigenvalue weighted by Crippen LogP contribution is -2.40. The molecule has 0 aliphatic rings. The van der Waals surface area contributed by atoms with Crippen molar-refractivity contribution >= 4 is 18.3 Å². The molecule has 0 spiro atoms. The maximum Gasteiger partial charge on any atom is 0.290 e. The van der Waals surface area contributed by atoms with E-state index in [2.05, 4.69) is 31.2 Å². The third kappa shape index (κ3) is 6.06. The predicted molar refractivity (Wildman–Crippen MR) is 86.9 cm³/mol. The number of carbonyl (C=O) groups is 1. The Morgan fingerprint density at radius 3 is 2.57 bits per heavy atom. The van der Waals surface area contributed by atoms with E-state index in [9.17, 15) is 4.79 Å². The molecule has 6 heteroatoms. The fourth-order valence-electron chi connectivity index (χ4n) is 2.25. The zero-order chi connectivity index (χ0) is 15.0. The fourth-order valence-corrected chi connectivity index (χ4v) is 2.25. The van der Waals surface area contributed by atoms with E-state index in [1.54, 1.807) is 6.07 Å². The van der Waals surface area contributed by atoms with Gasteiger partial charge >= 0.3 is 0 Å². The smallest absolute Gasteiger partial charge is 0.290 e. The highest BCUT2D eigenvalue weighted by Crippen LogP contribution is 2.22. The van der Waals surface area contributed by atoms with Crippen LogP contribution < -0.4 is 11.1 Å². The number of nitrogens with one attached hydrogen (secondary N) is 1. The summed E-state index contributed by atoms with van der Waals surface area (Å²) < 4.78 is 5.16. The molecular weight excluding hydrogens is 290 g/mol. The molecule has 1 aromatic rings. The second kappa shape index (κ2) is 10.6. The first-order valence-electron chi connectivity index (χ1n) is 7.63. The van der Waals surface area contributed by atoms with Crippen LogP contribution in [0.2, 0.25) is 0 Å². The average molecular weight is 318 g/mol. The molecule has 5 nitrogen and oxygen atoms in total. The van der Waals surface area contributed by atoms with Crippen molar-refractivity contribution < 1.29 is 9.32 Å². The highest BCUT2D eigenvalue weighted by molar-refractivity contribution is 5.91. The molecule has 0 radical (unpaired) electrons. The normalized spacial score (nSPS) is 12.0. The van der Waals surface area contributed by atoms with Crippen LogP contribution in [0, 0.1) is 0 Å². The van der Waals surface area contributed by atoms with Gasteiger partial charge in [-0.25, -0.2) is 0 Å². The van der Waals surface area contributed by atoms with E-state index >= 15 is 0 Å². The topological polar surface area (TPSA) is 81.1 Å². The summed E-state index contributed by atoms with van der Waals surface area (Å²) in [6, 6.07) is 1.75. The summed E-state index contributed by atoms with van der Waals surface area (Å²) in [5, 5.41) is 6.92. The number of hydrogen-bond donors (Lipinski definition) is 2. The number of unbranched alkanes of at least 4 members (excludes halogenated alkanes) is 1. The minimum atomic E-state index is -0.221. The Balaban J connectivity index is 0.00000400. The molecule has 0 fully saturated rings. The molecule has 3 N–H and O–H groups in total. The Hall–Kier alpha value is -1.07. The summed E-state index contributed by atoms with van der Waals surface area (Å²) >= 11 is 0. The van der Waals surface area contributed by atoms with Crippen LogP contribution >= 0.6 is 12.4 Å². The predicted octanol–water partition coefficient (Wildman–Crippen LogP) is 3.25. The van der Waals surface area contributed by atoms with E-state index in [0.717, 1.165) is 37.8 Å². The zero-order valence-electron chi connectivity index (χ0n) is 13.2. The molecular formula is C15H28ClN3O2. The highest BCUT2D eigenvalue weighted by atomic mass is 35.5. The third-order valence-electron chi connectivity index (χ3n) is 3.68. The van der Waals surface area contributed by atoms with E-state index < -0.39 is 0 Å². The molecule has 1 aromatic heterocycles. The van der Waals surface area contributed by atoms with Gasteiger partial charge in [-0.05, 0) is 19.3 Å². The van der Waals surface area contributed by atoms with Gasteiger partial charge in [-0.15, -0.1) is 12.4 Å².